The van der Waals surface area contributed by atoms with Gasteiger partial charge in [-0.3, -0.25) is 15.0 Å². The molecule has 0 radical (unpaired) electrons. The van der Waals surface area contributed by atoms with Crippen molar-refractivity contribution in [1.29, 1.82) is 0 Å². The van der Waals surface area contributed by atoms with Gasteiger partial charge in [-0.15, -0.1) is 0 Å². The average Bonchev–Trinajstić information content (AvgIpc) is 3.60. The lowest BCUT2D eigenvalue weighted by atomic mass is 10.0. The van der Waals surface area contributed by atoms with Crippen LogP contribution in [0.1, 0.15) is 27.3 Å². The highest BCUT2D eigenvalue weighted by atomic mass is 19.4. The third-order valence-electron chi connectivity index (χ3n) is 5.09. The van der Waals surface area contributed by atoms with E-state index in [1.54, 1.807) is 31.5 Å². The first kappa shape index (κ1) is 22.1. The van der Waals surface area contributed by atoms with Gasteiger partial charge < -0.3 is 9.73 Å². The Balaban J connectivity index is 1.53. The SMILES string of the molecule is Cc1coc(-c2cc(C(=O)Nc3cc(-c4cn[nH]c4)nn3-c3cc(C)[nH]n3)ccc2C(F)(F)F)n1. The molecule has 5 rings (SSSR count). The lowest BCUT2D eigenvalue weighted by Crippen LogP contribution is -2.16. The van der Waals surface area contributed by atoms with Gasteiger partial charge in [0.05, 0.1) is 28.7 Å². The summed E-state index contributed by atoms with van der Waals surface area (Å²) in [7, 11) is 0. The molecule has 0 saturated heterocycles. The Morgan fingerprint density at radius 3 is 2.63 bits per heavy atom. The van der Waals surface area contributed by atoms with Crippen molar-refractivity contribution in [2.75, 3.05) is 5.32 Å². The second kappa shape index (κ2) is 8.27. The van der Waals surface area contributed by atoms with E-state index in [1.807, 2.05) is 6.92 Å². The van der Waals surface area contributed by atoms with Gasteiger partial charge in [0.25, 0.3) is 5.91 Å². The molecule has 0 unspecified atom stereocenters. The van der Waals surface area contributed by atoms with Gasteiger partial charge in [-0.2, -0.15) is 33.1 Å². The van der Waals surface area contributed by atoms with Gasteiger partial charge in [0.15, 0.2) is 5.82 Å². The predicted molar refractivity (Wildman–Crippen MR) is 118 cm³/mol. The van der Waals surface area contributed by atoms with Crippen molar-refractivity contribution in [2.24, 2.45) is 0 Å². The molecule has 0 spiro atoms. The van der Waals surface area contributed by atoms with Gasteiger partial charge in [0.1, 0.15) is 12.1 Å². The summed E-state index contributed by atoms with van der Waals surface area (Å²) in [5, 5.41) is 20.8. The van der Waals surface area contributed by atoms with Crippen molar-refractivity contribution in [3.8, 4) is 28.5 Å². The topological polar surface area (TPSA) is 130 Å². The molecular formula is C22H17F3N8O2. The Morgan fingerprint density at radius 1 is 1.17 bits per heavy atom. The van der Waals surface area contributed by atoms with Crippen LogP contribution in [0.2, 0.25) is 0 Å². The first-order valence-electron chi connectivity index (χ1n) is 10.3. The van der Waals surface area contributed by atoms with Crippen LogP contribution < -0.4 is 5.32 Å². The number of benzene rings is 1. The number of nitrogens with one attached hydrogen (secondary N) is 3. The number of oxazole rings is 1. The highest BCUT2D eigenvalue weighted by Crippen LogP contribution is 2.37. The van der Waals surface area contributed by atoms with Crippen molar-refractivity contribution in [3.63, 3.8) is 0 Å². The second-order valence-corrected chi connectivity index (χ2v) is 7.73. The minimum atomic E-state index is -4.66. The average molecular weight is 482 g/mol. The summed E-state index contributed by atoms with van der Waals surface area (Å²) in [6, 6.07) is 6.35. The van der Waals surface area contributed by atoms with E-state index in [0.29, 0.717) is 22.8 Å². The Labute approximate surface area is 195 Å². The summed E-state index contributed by atoms with van der Waals surface area (Å²) in [5.41, 5.74) is 1.02. The zero-order chi connectivity index (χ0) is 24.7. The number of carbonyl (C=O) groups is 1. The summed E-state index contributed by atoms with van der Waals surface area (Å²) >= 11 is 0. The van der Waals surface area contributed by atoms with Gasteiger partial charge >= 0.3 is 6.18 Å². The number of nitrogens with zero attached hydrogens (tertiary/aromatic N) is 5. The molecule has 1 amide bonds. The van der Waals surface area contributed by atoms with Gasteiger partial charge in [0, 0.05) is 35.2 Å². The maximum atomic E-state index is 13.6. The zero-order valence-electron chi connectivity index (χ0n) is 18.3. The summed E-state index contributed by atoms with van der Waals surface area (Å²) in [5.74, 6) is -0.221. The van der Waals surface area contributed by atoms with Crippen LogP contribution >= 0.6 is 0 Å². The Morgan fingerprint density at radius 2 is 2.00 bits per heavy atom. The number of aromatic amines is 2. The van der Waals surface area contributed by atoms with Crippen molar-refractivity contribution in [1.82, 2.24) is 35.2 Å². The maximum Gasteiger partial charge on any atom is 0.417 e. The molecule has 0 aliphatic rings. The molecule has 1 aromatic carbocycles. The number of anilines is 1. The van der Waals surface area contributed by atoms with E-state index in [0.717, 1.165) is 23.9 Å². The fourth-order valence-corrected chi connectivity index (χ4v) is 3.46. The quantitative estimate of drug-likeness (QED) is 0.337. The minimum absolute atomic E-state index is 0.0281. The molecule has 0 aliphatic heterocycles. The van der Waals surface area contributed by atoms with E-state index >= 15 is 0 Å². The third kappa shape index (κ3) is 4.30. The largest absolute Gasteiger partial charge is 0.444 e. The fraction of sp³-hybridized carbons (Fsp3) is 0.136. The van der Waals surface area contributed by atoms with Crippen molar-refractivity contribution < 1.29 is 22.4 Å². The van der Waals surface area contributed by atoms with Gasteiger partial charge in [-0.25, -0.2) is 4.98 Å². The zero-order valence-corrected chi connectivity index (χ0v) is 18.3. The maximum absolute atomic E-state index is 13.6. The molecular weight excluding hydrogens is 465 g/mol. The summed E-state index contributed by atoms with van der Waals surface area (Å²) in [6.45, 7) is 3.40. The Kier molecular flexibility index (Phi) is 5.23. The van der Waals surface area contributed by atoms with Crippen LogP contribution in [0.3, 0.4) is 0 Å². The van der Waals surface area contributed by atoms with Crippen LogP contribution in [-0.2, 0) is 6.18 Å². The van der Waals surface area contributed by atoms with Crippen molar-refractivity contribution >= 4 is 11.7 Å². The normalized spacial score (nSPS) is 11.7. The number of hydrogen-bond acceptors (Lipinski definition) is 6. The number of amides is 1. The molecule has 0 atom stereocenters. The number of H-pyrrole nitrogens is 2. The van der Waals surface area contributed by atoms with Crippen LogP contribution in [0, 0.1) is 13.8 Å². The van der Waals surface area contributed by atoms with E-state index in [9.17, 15) is 18.0 Å². The van der Waals surface area contributed by atoms with E-state index in [2.05, 4.69) is 35.8 Å². The van der Waals surface area contributed by atoms with Crippen molar-refractivity contribution in [2.45, 2.75) is 20.0 Å². The molecule has 35 heavy (non-hydrogen) atoms. The Hall–Kier alpha value is -4.68. The lowest BCUT2D eigenvalue weighted by molar-refractivity contribution is -0.137. The number of alkyl halides is 3. The number of hydrogen-bond donors (Lipinski definition) is 3. The summed E-state index contributed by atoms with van der Waals surface area (Å²) < 4.78 is 47.4. The lowest BCUT2D eigenvalue weighted by Gasteiger charge is -2.13. The highest BCUT2D eigenvalue weighted by Gasteiger charge is 2.35. The van der Waals surface area contributed by atoms with Gasteiger partial charge in [0.2, 0.25) is 5.89 Å². The third-order valence-corrected chi connectivity index (χ3v) is 5.09. The molecule has 3 N–H and O–H groups in total. The van der Waals surface area contributed by atoms with Crippen LogP contribution in [0.5, 0.6) is 0 Å². The van der Waals surface area contributed by atoms with Crippen LogP contribution in [-0.4, -0.2) is 41.1 Å². The fourth-order valence-electron chi connectivity index (χ4n) is 3.46. The molecule has 5 aromatic rings. The molecule has 10 nitrogen and oxygen atoms in total. The van der Waals surface area contributed by atoms with E-state index in [4.69, 9.17) is 4.42 Å². The second-order valence-electron chi connectivity index (χ2n) is 7.73. The Bertz CT molecular complexity index is 1510. The first-order valence-corrected chi connectivity index (χ1v) is 10.3. The van der Waals surface area contributed by atoms with Crippen LogP contribution in [0.25, 0.3) is 28.5 Å². The predicted octanol–water partition coefficient (Wildman–Crippen LogP) is 4.53. The van der Waals surface area contributed by atoms with E-state index < -0.39 is 17.6 Å². The number of rotatable bonds is 5. The first-order chi connectivity index (χ1) is 16.7. The molecule has 4 aromatic heterocycles. The summed E-state index contributed by atoms with van der Waals surface area (Å²) in [6.07, 6.45) is -0.226. The standard InChI is InChI=1S/C22H17F3N8O2/c1-11-5-19(31-30-11)33-18(7-17(32-33)14-8-26-27-9-14)29-20(34)13-3-4-16(22(23,24)25)15(6-13)21-28-12(2)10-35-21/h3-10H,1-2H3,(H,26,27)(H,29,34)(H,30,31). The molecule has 178 valence electrons. The number of halogens is 3. The molecule has 0 bridgehead atoms. The number of aryl methyl sites for hydroxylation is 2. The number of aromatic nitrogens is 7. The van der Waals surface area contributed by atoms with Crippen LogP contribution in [0.15, 0.2) is 53.4 Å². The minimum Gasteiger partial charge on any atom is -0.444 e. The molecule has 0 saturated carbocycles. The smallest absolute Gasteiger partial charge is 0.417 e. The summed E-state index contributed by atoms with van der Waals surface area (Å²) in [4.78, 5) is 17.1. The van der Waals surface area contributed by atoms with Gasteiger partial charge in [-0.1, -0.05) is 0 Å². The van der Waals surface area contributed by atoms with Crippen LogP contribution in [0.4, 0.5) is 19.0 Å². The van der Waals surface area contributed by atoms with E-state index in [-0.39, 0.29) is 22.8 Å². The highest BCUT2D eigenvalue weighted by molar-refractivity contribution is 6.05. The van der Waals surface area contributed by atoms with E-state index in [1.165, 1.54) is 10.9 Å². The monoisotopic (exact) mass is 482 g/mol. The van der Waals surface area contributed by atoms with Gasteiger partial charge in [-0.05, 0) is 32.0 Å². The molecule has 0 aliphatic carbocycles. The van der Waals surface area contributed by atoms with Crippen molar-refractivity contribution in [3.05, 3.63) is 71.5 Å². The molecule has 0 fully saturated rings. The molecule has 13 heteroatoms. The number of carbonyl (C=O) groups excluding carboxylic acids is 1. The molecule has 4 heterocycles.